The number of hydrogen-bond acceptors (Lipinski definition) is 5. The molecule has 37 heavy (non-hydrogen) atoms. The van der Waals surface area contributed by atoms with Crippen LogP contribution in [0.5, 0.6) is 11.5 Å². The lowest BCUT2D eigenvalue weighted by atomic mass is 9.47. The third-order valence-corrected chi connectivity index (χ3v) is 9.98. The number of likely N-dealkylation sites (N-methyl/N-ethyl adjacent to an activating group) is 1. The Kier molecular flexibility index (Phi) is 5.70. The van der Waals surface area contributed by atoms with Crippen LogP contribution in [0, 0.1) is 13.8 Å². The Morgan fingerprint density at radius 1 is 1.24 bits per heavy atom. The number of rotatable bonds is 6. The largest absolute Gasteiger partial charge is 0.504 e. The summed E-state index contributed by atoms with van der Waals surface area (Å²) in [5.74, 6) is 0.743. The Labute approximate surface area is 219 Å². The van der Waals surface area contributed by atoms with E-state index in [0.717, 1.165) is 36.1 Å². The maximum Gasteiger partial charge on any atom is 0.222 e. The Morgan fingerprint density at radius 2 is 2.05 bits per heavy atom. The monoisotopic (exact) mass is 502 g/mol. The number of nitrogens with zero attached hydrogens (tertiary/aromatic N) is 2. The van der Waals surface area contributed by atoms with Crippen LogP contribution in [0.1, 0.15) is 53.5 Å². The number of aryl methyl sites for hydroxylation is 3. The first-order valence-electron chi connectivity index (χ1n) is 13.6. The summed E-state index contributed by atoms with van der Waals surface area (Å²) in [5.41, 5.74) is 3.95. The van der Waals surface area contributed by atoms with Gasteiger partial charge in [-0.1, -0.05) is 30.3 Å². The topological polar surface area (TPSA) is 73.2 Å². The summed E-state index contributed by atoms with van der Waals surface area (Å²) in [6, 6.07) is 9.61. The van der Waals surface area contributed by atoms with Gasteiger partial charge in [-0.05, 0) is 80.8 Å². The first kappa shape index (κ1) is 24.5. The summed E-state index contributed by atoms with van der Waals surface area (Å²) < 4.78 is 6.43. The molecule has 4 aliphatic rings. The zero-order valence-electron chi connectivity index (χ0n) is 22.2. The van der Waals surface area contributed by atoms with Gasteiger partial charge in [0.15, 0.2) is 11.5 Å². The van der Waals surface area contributed by atoms with E-state index in [-0.39, 0.29) is 29.8 Å². The summed E-state index contributed by atoms with van der Waals surface area (Å²) in [5, 5.41) is 23.7. The van der Waals surface area contributed by atoms with Crippen molar-refractivity contribution in [3.8, 4) is 11.5 Å². The summed E-state index contributed by atoms with van der Waals surface area (Å²) >= 11 is 0. The molecule has 2 N–H and O–H groups in total. The van der Waals surface area contributed by atoms with Crippen molar-refractivity contribution in [2.75, 3.05) is 20.1 Å². The van der Waals surface area contributed by atoms with Crippen molar-refractivity contribution in [3.05, 3.63) is 70.8 Å². The third-order valence-electron chi connectivity index (χ3n) is 9.98. The highest BCUT2D eigenvalue weighted by molar-refractivity contribution is 5.77. The minimum Gasteiger partial charge on any atom is -0.504 e. The fraction of sp³-hybridized carbons (Fsp3) is 0.516. The second kappa shape index (κ2) is 8.60. The summed E-state index contributed by atoms with van der Waals surface area (Å²) in [6.45, 7) is 9.68. The average Bonchev–Trinajstić information content (AvgIpc) is 3.22. The van der Waals surface area contributed by atoms with E-state index < -0.39 is 11.0 Å². The van der Waals surface area contributed by atoms with E-state index in [4.69, 9.17) is 4.74 Å². The van der Waals surface area contributed by atoms with Gasteiger partial charge in [0.2, 0.25) is 5.91 Å². The Hall–Kier alpha value is -2.83. The number of ether oxygens (including phenoxy) is 1. The quantitative estimate of drug-likeness (QED) is 0.588. The molecule has 2 aliphatic carbocycles. The number of phenolic OH excluding ortho intramolecular Hbond substituents is 1. The van der Waals surface area contributed by atoms with E-state index in [1.165, 1.54) is 11.1 Å². The van der Waals surface area contributed by atoms with E-state index in [1.807, 2.05) is 24.1 Å². The van der Waals surface area contributed by atoms with Gasteiger partial charge in [-0.15, -0.1) is 6.58 Å². The lowest BCUT2D eigenvalue weighted by Crippen LogP contribution is -2.81. The lowest BCUT2D eigenvalue weighted by Gasteiger charge is -2.66. The molecule has 6 rings (SSSR count). The van der Waals surface area contributed by atoms with Gasteiger partial charge in [-0.3, -0.25) is 9.69 Å². The molecule has 1 spiro atoms. The molecule has 1 saturated heterocycles. The highest BCUT2D eigenvalue weighted by Gasteiger charge is 2.74. The van der Waals surface area contributed by atoms with E-state index in [9.17, 15) is 15.0 Å². The summed E-state index contributed by atoms with van der Waals surface area (Å²) in [4.78, 5) is 17.8. The van der Waals surface area contributed by atoms with Crippen molar-refractivity contribution in [1.29, 1.82) is 0 Å². The minimum absolute atomic E-state index is 0.0562. The number of likely N-dealkylation sites (tertiary alicyclic amines) is 1. The second-order valence-corrected chi connectivity index (χ2v) is 11.6. The van der Waals surface area contributed by atoms with Crippen LogP contribution < -0.4 is 4.74 Å². The van der Waals surface area contributed by atoms with Gasteiger partial charge in [-0.25, -0.2) is 0 Å². The van der Waals surface area contributed by atoms with Crippen molar-refractivity contribution in [3.63, 3.8) is 0 Å². The van der Waals surface area contributed by atoms with E-state index >= 15 is 0 Å². The molecule has 6 heteroatoms. The molecule has 5 atom stereocenters. The zero-order chi connectivity index (χ0) is 26.1. The molecule has 2 heterocycles. The van der Waals surface area contributed by atoms with Gasteiger partial charge in [0.05, 0.1) is 11.5 Å². The molecule has 1 saturated carbocycles. The lowest BCUT2D eigenvalue weighted by molar-refractivity contribution is -0.216. The highest BCUT2D eigenvalue weighted by Crippen LogP contribution is 2.65. The van der Waals surface area contributed by atoms with Crippen molar-refractivity contribution in [1.82, 2.24) is 9.80 Å². The number of phenols is 1. The number of benzene rings is 2. The smallest absolute Gasteiger partial charge is 0.222 e. The third kappa shape index (κ3) is 3.28. The number of carbonyl (C=O) groups is 1. The van der Waals surface area contributed by atoms with E-state index in [2.05, 4.69) is 43.5 Å². The Balaban J connectivity index is 1.36. The number of aromatic hydroxyl groups is 1. The zero-order valence-corrected chi connectivity index (χ0v) is 22.2. The van der Waals surface area contributed by atoms with Crippen molar-refractivity contribution < 1.29 is 19.7 Å². The molecule has 6 nitrogen and oxygen atoms in total. The standard InChI is InChI=1S/C31H38N2O4/c1-5-15-33-16-14-30-26-12-11-24(32(4)27(35)13-8-21-7-6-19(2)20(3)17-21)31(30,36)25(33)18-22-9-10-23(34)29(37-26)28(22)30/h5-7,9-10,17,24-26,34,36H,1,8,11-16,18H2,2-4H3/t24?,25-,26?,30-,31-/m1/s1. The van der Waals surface area contributed by atoms with Crippen LogP contribution in [-0.2, 0) is 23.1 Å². The predicted molar refractivity (Wildman–Crippen MR) is 143 cm³/mol. The number of hydrogen-bond donors (Lipinski definition) is 2. The highest BCUT2D eigenvalue weighted by atomic mass is 16.5. The number of piperidine rings is 1. The van der Waals surface area contributed by atoms with Crippen LogP contribution in [0.4, 0.5) is 0 Å². The SMILES string of the molecule is C=CCN1CC[C@]23c4c5ccc(O)c4OC2CCC(N(C)C(=O)CCc2ccc(C)c(C)c2)[C@@]3(O)[C@H]1C5. The van der Waals surface area contributed by atoms with Gasteiger partial charge in [0, 0.05) is 31.6 Å². The van der Waals surface area contributed by atoms with Crippen LogP contribution >= 0.6 is 0 Å². The maximum atomic E-state index is 13.6. The molecule has 2 bridgehead atoms. The molecule has 0 aromatic heterocycles. The molecular formula is C31H38N2O4. The van der Waals surface area contributed by atoms with Gasteiger partial charge >= 0.3 is 0 Å². The molecule has 196 valence electrons. The Bertz CT molecular complexity index is 1270. The number of aliphatic hydroxyl groups is 1. The molecule has 2 aliphatic heterocycles. The van der Waals surface area contributed by atoms with Crippen LogP contribution in [-0.4, -0.2) is 69.8 Å². The summed E-state index contributed by atoms with van der Waals surface area (Å²) in [7, 11) is 1.87. The van der Waals surface area contributed by atoms with Gasteiger partial charge in [0.25, 0.3) is 0 Å². The Morgan fingerprint density at radius 3 is 2.81 bits per heavy atom. The first-order valence-corrected chi connectivity index (χ1v) is 13.6. The van der Waals surface area contributed by atoms with Crippen molar-refractivity contribution >= 4 is 5.91 Å². The number of amides is 1. The van der Waals surface area contributed by atoms with E-state index in [1.54, 1.807) is 6.07 Å². The molecule has 2 unspecified atom stereocenters. The van der Waals surface area contributed by atoms with Crippen LogP contribution in [0.3, 0.4) is 0 Å². The fourth-order valence-corrected chi connectivity index (χ4v) is 8.07. The fourth-order valence-electron chi connectivity index (χ4n) is 8.07. The van der Waals surface area contributed by atoms with Crippen LogP contribution in [0.15, 0.2) is 43.0 Å². The van der Waals surface area contributed by atoms with Crippen LogP contribution in [0.2, 0.25) is 0 Å². The molecule has 2 aromatic rings. The van der Waals surface area contributed by atoms with Gasteiger partial charge in [0.1, 0.15) is 11.7 Å². The van der Waals surface area contributed by atoms with Crippen molar-refractivity contribution in [2.45, 2.75) is 81.6 Å². The molecule has 0 radical (unpaired) electrons. The second-order valence-electron chi connectivity index (χ2n) is 11.6. The first-order chi connectivity index (χ1) is 17.7. The van der Waals surface area contributed by atoms with Crippen molar-refractivity contribution in [2.24, 2.45) is 0 Å². The average molecular weight is 503 g/mol. The van der Waals surface area contributed by atoms with Crippen LogP contribution in [0.25, 0.3) is 0 Å². The number of carbonyl (C=O) groups excluding carboxylic acids is 1. The maximum absolute atomic E-state index is 13.6. The van der Waals surface area contributed by atoms with E-state index in [0.29, 0.717) is 38.0 Å². The predicted octanol–water partition coefficient (Wildman–Crippen LogP) is 3.81. The molecular weight excluding hydrogens is 464 g/mol. The normalized spacial score (nSPS) is 31.4. The molecule has 2 fully saturated rings. The summed E-state index contributed by atoms with van der Waals surface area (Å²) in [6.07, 6.45) is 5.57. The molecule has 2 aromatic carbocycles. The van der Waals surface area contributed by atoms with Gasteiger partial charge in [-0.2, -0.15) is 0 Å². The minimum atomic E-state index is -1.19. The molecule has 1 amide bonds. The van der Waals surface area contributed by atoms with Gasteiger partial charge < -0.3 is 19.8 Å².